The van der Waals surface area contributed by atoms with E-state index in [0.29, 0.717) is 13.2 Å². The Morgan fingerprint density at radius 3 is 2.44 bits per heavy atom. The van der Waals surface area contributed by atoms with Gasteiger partial charge in [0.1, 0.15) is 11.4 Å². The van der Waals surface area contributed by atoms with Gasteiger partial charge >= 0.3 is 0 Å². The second kappa shape index (κ2) is 4.24. The van der Waals surface area contributed by atoms with Crippen molar-refractivity contribution in [3.05, 3.63) is 28.3 Å². The van der Waals surface area contributed by atoms with Crippen LogP contribution in [0.4, 0.5) is 0 Å². The molecule has 0 unspecified atom stereocenters. The molecule has 88 valence electrons. The van der Waals surface area contributed by atoms with Crippen LogP contribution in [0.25, 0.3) is 0 Å². The molecule has 1 heterocycles. The van der Waals surface area contributed by atoms with Gasteiger partial charge in [-0.1, -0.05) is 11.6 Å². The monoisotopic (exact) mass is 242 g/mol. The number of hydrogen-bond acceptors (Lipinski definition) is 3. The second-order valence-electron chi connectivity index (χ2n) is 3.99. The summed E-state index contributed by atoms with van der Waals surface area (Å²) in [4.78, 5) is 0. The fourth-order valence-electron chi connectivity index (χ4n) is 1.85. The maximum Gasteiger partial charge on any atom is 0.143 e. The molecule has 1 aromatic carbocycles. The van der Waals surface area contributed by atoms with Crippen LogP contribution in [0.1, 0.15) is 11.1 Å². The molecule has 1 aliphatic heterocycles. The first-order valence-corrected chi connectivity index (χ1v) is 5.48. The fourth-order valence-corrected chi connectivity index (χ4v) is 2.01. The molecule has 3 nitrogen and oxygen atoms in total. The Morgan fingerprint density at radius 1 is 1.31 bits per heavy atom. The van der Waals surface area contributed by atoms with E-state index in [0.717, 1.165) is 21.9 Å². The van der Waals surface area contributed by atoms with E-state index in [1.165, 1.54) is 0 Å². The first-order chi connectivity index (χ1) is 7.63. The van der Waals surface area contributed by atoms with Crippen molar-refractivity contribution >= 4 is 11.6 Å². The highest BCUT2D eigenvalue weighted by Crippen LogP contribution is 2.40. The van der Waals surface area contributed by atoms with Gasteiger partial charge in [-0.05, 0) is 24.6 Å². The summed E-state index contributed by atoms with van der Waals surface area (Å²) in [7, 11) is 3.32. The zero-order chi connectivity index (χ0) is 11.8. The van der Waals surface area contributed by atoms with E-state index in [4.69, 9.17) is 25.8 Å². The first-order valence-electron chi connectivity index (χ1n) is 5.10. The third-order valence-electron chi connectivity index (χ3n) is 3.03. The predicted molar refractivity (Wildman–Crippen MR) is 62.2 cm³/mol. The van der Waals surface area contributed by atoms with Gasteiger partial charge in [0.2, 0.25) is 0 Å². The highest BCUT2D eigenvalue weighted by Gasteiger charge is 2.43. The van der Waals surface area contributed by atoms with Crippen molar-refractivity contribution in [2.45, 2.75) is 12.5 Å². The van der Waals surface area contributed by atoms with Crippen LogP contribution in [0, 0.1) is 6.92 Å². The Kier molecular flexibility index (Phi) is 3.10. The highest BCUT2D eigenvalue weighted by molar-refractivity contribution is 6.31. The second-order valence-corrected chi connectivity index (χ2v) is 4.40. The highest BCUT2D eigenvalue weighted by atomic mass is 35.5. The number of aryl methyl sites for hydroxylation is 1. The van der Waals surface area contributed by atoms with E-state index < -0.39 is 5.60 Å². The van der Waals surface area contributed by atoms with E-state index >= 15 is 0 Å². The summed E-state index contributed by atoms with van der Waals surface area (Å²) in [6.07, 6.45) is 0. The molecule has 4 heteroatoms. The third kappa shape index (κ3) is 1.69. The van der Waals surface area contributed by atoms with Crippen molar-refractivity contribution in [3.63, 3.8) is 0 Å². The van der Waals surface area contributed by atoms with Crippen LogP contribution in [0.15, 0.2) is 12.1 Å². The van der Waals surface area contributed by atoms with Crippen LogP contribution >= 0.6 is 11.6 Å². The topological polar surface area (TPSA) is 27.7 Å². The molecular formula is C12H15ClO3. The summed E-state index contributed by atoms with van der Waals surface area (Å²) >= 11 is 6.13. The normalized spacial score (nSPS) is 18.0. The number of ether oxygens (including phenoxy) is 3. The summed E-state index contributed by atoms with van der Waals surface area (Å²) in [6, 6.07) is 3.83. The van der Waals surface area contributed by atoms with E-state index in [2.05, 4.69) is 0 Å². The molecule has 1 aliphatic rings. The van der Waals surface area contributed by atoms with Gasteiger partial charge in [-0.3, -0.25) is 0 Å². The van der Waals surface area contributed by atoms with Gasteiger partial charge < -0.3 is 14.2 Å². The predicted octanol–water partition coefficient (Wildman–Crippen LogP) is 2.53. The molecular weight excluding hydrogens is 228 g/mol. The van der Waals surface area contributed by atoms with Crippen molar-refractivity contribution in [2.75, 3.05) is 27.4 Å². The van der Waals surface area contributed by atoms with Crippen molar-refractivity contribution in [2.24, 2.45) is 0 Å². The molecule has 1 fully saturated rings. The smallest absolute Gasteiger partial charge is 0.143 e. The SMILES string of the molecule is COc1cc(C)c(Cl)cc1C1(OC)COC1. The third-order valence-corrected chi connectivity index (χ3v) is 3.44. The van der Waals surface area contributed by atoms with E-state index in [1.807, 2.05) is 19.1 Å². The van der Waals surface area contributed by atoms with Crippen molar-refractivity contribution in [1.29, 1.82) is 0 Å². The molecule has 1 aromatic rings. The molecule has 0 atom stereocenters. The molecule has 0 aliphatic carbocycles. The number of methoxy groups -OCH3 is 2. The van der Waals surface area contributed by atoms with Gasteiger partial charge in [-0.15, -0.1) is 0 Å². The lowest BCUT2D eigenvalue weighted by molar-refractivity contribution is -0.203. The fraction of sp³-hybridized carbons (Fsp3) is 0.500. The Bertz CT molecular complexity index is 394. The molecule has 0 spiro atoms. The van der Waals surface area contributed by atoms with Crippen LogP contribution in [0.5, 0.6) is 5.75 Å². The van der Waals surface area contributed by atoms with E-state index in [9.17, 15) is 0 Å². The summed E-state index contributed by atoms with van der Waals surface area (Å²) < 4.78 is 16.1. The lowest BCUT2D eigenvalue weighted by atomic mass is 9.90. The van der Waals surface area contributed by atoms with E-state index in [-0.39, 0.29) is 0 Å². The number of hydrogen-bond donors (Lipinski definition) is 0. The maximum absolute atomic E-state index is 6.13. The Balaban J connectivity index is 2.50. The lowest BCUT2D eigenvalue weighted by Crippen LogP contribution is -2.48. The van der Waals surface area contributed by atoms with Crippen molar-refractivity contribution in [1.82, 2.24) is 0 Å². The molecule has 1 saturated heterocycles. The zero-order valence-electron chi connectivity index (χ0n) is 9.67. The van der Waals surface area contributed by atoms with Gasteiger partial charge in [-0.25, -0.2) is 0 Å². The standard InChI is InChI=1S/C12H15ClO3/c1-8-4-11(14-2)9(5-10(8)13)12(15-3)6-16-7-12/h4-5H,6-7H2,1-3H3. The molecule has 0 amide bonds. The van der Waals surface area contributed by atoms with Crippen molar-refractivity contribution < 1.29 is 14.2 Å². The van der Waals surface area contributed by atoms with Crippen molar-refractivity contribution in [3.8, 4) is 5.75 Å². The van der Waals surface area contributed by atoms with Crippen LogP contribution in [0.2, 0.25) is 5.02 Å². The summed E-state index contributed by atoms with van der Waals surface area (Å²) in [5, 5.41) is 0.721. The number of halogens is 1. The van der Waals surface area contributed by atoms with Crippen LogP contribution in [0.3, 0.4) is 0 Å². The Labute approximate surface area is 100 Å². The maximum atomic E-state index is 6.13. The Morgan fingerprint density at radius 2 is 2.00 bits per heavy atom. The van der Waals surface area contributed by atoms with Crippen LogP contribution < -0.4 is 4.74 Å². The molecule has 16 heavy (non-hydrogen) atoms. The molecule has 0 radical (unpaired) electrons. The van der Waals surface area contributed by atoms with Gasteiger partial charge in [-0.2, -0.15) is 0 Å². The van der Waals surface area contributed by atoms with Gasteiger partial charge in [0.05, 0.1) is 20.3 Å². The molecule has 2 rings (SSSR count). The van der Waals surface area contributed by atoms with Gasteiger partial charge in [0, 0.05) is 17.7 Å². The van der Waals surface area contributed by atoms with Crippen LogP contribution in [-0.4, -0.2) is 27.4 Å². The quantitative estimate of drug-likeness (QED) is 0.815. The molecule has 0 N–H and O–H groups in total. The largest absolute Gasteiger partial charge is 0.496 e. The first kappa shape index (κ1) is 11.7. The Hall–Kier alpha value is -0.770. The average Bonchev–Trinajstić information content (AvgIpc) is 2.22. The van der Waals surface area contributed by atoms with Crippen LogP contribution in [-0.2, 0) is 15.1 Å². The minimum absolute atomic E-state index is 0.400. The molecule has 0 bridgehead atoms. The molecule has 0 aromatic heterocycles. The number of benzene rings is 1. The van der Waals surface area contributed by atoms with E-state index in [1.54, 1.807) is 14.2 Å². The minimum Gasteiger partial charge on any atom is -0.496 e. The van der Waals surface area contributed by atoms with Gasteiger partial charge in [0.15, 0.2) is 0 Å². The summed E-state index contributed by atoms with van der Waals surface area (Å²) in [5.41, 5.74) is 1.55. The summed E-state index contributed by atoms with van der Waals surface area (Å²) in [5.74, 6) is 0.798. The molecule has 0 saturated carbocycles. The minimum atomic E-state index is -0.400. The lowest BCUT2D eigenvalue weighted by Gasteiger charge is -2.41. The zero-order valence-corrected chi connectivity index (χ0v) is 10.4. The number of rotatable bonds is 3. The summed E-state index contributed by atoms with van der Waals surface area (Å²) in [6.45, 7) is 3.03. The van der Waals surface area contributed by atoms with Gasteiger partial charge in [0.25, 0.3) is 0 Å². The average molecular weight is 243 g/mol.